The third-order valence-corrected chi connectivity index (χ3v) is 4.99. The molecule has 24 heavy (non-hydrogen) atoms. The Morgan fingerprint density at radius 2 is 2.21 bits per heavy atom. The predicted octanol–water partition coefficient (Wildman–Crippen LogP) is 2.04. The van der Waals surface area contributed by atoms with E-state index in [1.165, 1.54) is 23.2 Å². The number of likely N-dealkylation sites (tertiary alicyclic amines) is 1. The lowest BCUT2D eigenvalue weighted by Crippen LogP contribution is -2.42. The van der Waals surface area contributed by atoms with Crippen molar-refractivity contribution in [1.82, 2.24) is 9.88 Å². The fraction of sp³-hybridized carbons (Fsp3) is 0.353. The minimum Gasteiger partial charge on any atom is -0.391 e. The third-order valence-electron chi connectivity index (χ3n) is 4.02. The average Bonchev–Trinajstić information content (AvgIpc) is 3.14. The topological polar surface area (TPSA) is 82.5 Å². The molecule has 126 valence electrons. The van der Waals surface area contributed by atoms with E-state index >= 15 is 0 Å². The molecule has 0 aliphatic carbocycles. The standard InChI is InChI=1S/C17H19N3O3S/c1-10-4-3-5-12(6-10)15-8-18-17(24-15)19-16(23)14-7-13(22)9-20(14)11(2)21/h3-6,8,13-14,22H,7,9H2,1-2H3,(H,18,19,23)/t13-,14-/m1/s1. The number of nitrogens with one attached hydrogen (secondary N) is 1. The molecule has 0 spiro atoms. The molecule has 1 saturated heterocycles. The van der Waals surface area contributed by atoms with E-state index < -0.39 is 12.1 Å². The Bertz CT molecular complexity index is 774. The maximum atomic E-state index is 12.4. The zero-order valence-corrected chi connectivity index (χ0v) is 14.3. The van der Waals surface area contributed by atoms with Crippen molar-refractivity contribution < 1.29 is 14.7 Å². The summed E-state index contributed by atoms with van der Waals surface area (Å²) in [7, 11) is 0. The third kappa shape index (κ3) is 3.47. The van der Waals surface area contributed by atoms with Crippen LogP contribution in [-0.4, -0.2) is 45.5 Å². The molecule has 3 rings (SSSR count). The highest BCUT2D eigenvalue weighted by atomic mass is 32.1. The van der Waals surface area contributed by atoms with Crippen molar-refractivity contribution in [3.05, 3.63) is 36.0 Å². The molecule has 0 bridgehead atoms. The normalized spacial score (nSPS) is 20.2. The van der Waals surface area contributed by atoms with Gasteiger partial charge in [0.05, 0.1) is 11.0 Å². The van der Waals surface area contributed by atoms with E-state index in [-0.39, 0.29) is 24.8 Å². The fourth-order valence-electron chi connectivity index (χ4n) is 2.86. The molecule has 6 nitrogen and oxygen atoms in total. The first kappa shape index (κ1) is 16.6. The Hall–Kier alpha value is -2.25. The number of aliphatic hydroxyl groups excluding tert-OH is 1. The lowest BCUT2D eigenvalue weighted by Gasteiger charge is -2.21. The summed E-state index contributed by atoms with van der Waals surface area (Å²) in [5, 5.41) is 13.0. The molecule has 1 aromatic heterocycles. The summed E-state index contributed by atoms with van der Waals surface area (Å²) in [6.07, 6.45) is 1.31. The number of β-amino-alcohol motifs (C(OH)–C–C–N with tert-alkyl or cyclic N) is 1. The van der Waals surface area contributed by atoms with Gasteiger partial charge in [0.2, 0.25) is 11.8 Å². The fourth-order valence-corrected chi connectivity index (χ4v) is 3.68. The van der Waals surface area contributed by atoms with Gasteiger partial charge < -0.3 is 15.3 Å². The van der Waals surface area contributed by atoms with E-state index in [0.717, 1.165) is 16.0 Å². The molecule has 1 aliphatic rings. The van der Waals surface area contributed by atoms with E-state index in [2.05, 4.69) is 16.4 Å². The van der Waals surface area contributed by atoms with Crippen LogP contribution in [0.3, 0.4) is 0 Å². The van der Waals surface area contributed by atoms with Gasteiger partial charge in [0.15, 0.2) is 5.13 Å². The van der Waals surface area contributed by atoms with Crippen LogP contribution in [0.2, 0.25) is 0 Å². The number of aliphatic hydroxyl groups is 1. The first-order chi connectivity index (χ1) is 11.4. The van der Waals surface area contributed by atoms with Crippen LogP contribution in [0.4, 0.5) is 5.13 Å². The van der Waals surface area contributed by atoms with Crippen molar-refractivity contribution in [2.24, 2.45) is 0 Å². The maximum absolute atomic E-state index is 12.4. The smallest absolute Gasteiger partial charge is 0.249 e. The first-order valence-corrected chi connectivity index (χ1v) is 8.54. The number of rotatable bonds is 3. The van der Waals surface area contributed by atoms with Crippen LogP contribution in [0.5, 0.6) is 0 Å². The van der Waals surface area contributed by atoms with Crippen LogP contribution in [0.25, 0.3) is 10.4 Å². The maximum Gasteiger partial charge on any atom is 0.249 e. The van der Waals surface area contributed by atoms with Gasteiger partial charge in [0, 0.05) is 26.1 Å². The molecule has 1 fully saturated rings. The molecule has 0 unspecified atom stereocenters. The number of carbonyl (C=O) groups is 2. The number of nitrogens with zero attached hydrogens (tertiary/aromatic N) is 2. The molecule has 0 radical (unpaired) electrons. The molecule has 2 amide bonds. The number of aryl methyl sites for hydroxylation is 1. The minimum absolute atomic E-state index is 0.194. The van der Waals surface area contributed by atoms with Gasteiger partial charge in [-0.25, -0.2) is 4.98 Å². The van der Waals surface area contributed by atoms with Gasteiger partial charge >= 0.3 is 0 Å². The second kappa shape index (κ2) is 6.70. The van der Waals surface area contributed by atoms with Gasteiger partial charge in [-0.05, 0) is 12.5 Å². The summed E-state index contributed by atoms with van der Waals surface area (Å²) >= 11 is 1.38. The van der Waals surface area contributed by atoms with Gasteiger partial charge in [-0.3, -0.25) is 9.59 Å². The molecule has 2 N–H and O–H groups in total. The molecule has 7 heteroatoms. The highest BCUT2D eigenvalue weighted by Gasteiger charge is 2.37. The van der Waals surface area contributed by atoms with Crippen molar-refractivity contribution in [3.63, 3.8) is 0 Å². The molecule has 0 saturated carbocycles. The average molecular weight is 345 g/mol. The van der Waals surface area contributed by atoms with E-state index in [0.29, 0.717) is 5.13 Å². The Balaban J connectivity index is 1.72. The van der Waals surface area contributed by atoms with Crippen LogP contribution >= 0.6 is 11.3 Å². The van der Waals surface area contributed by atoms with Gasteiger partial charge in [-0.15, -0.1) is 0 Å². The number of aromatic nitrogens is 1. The predicted molar refractivity (Wildman–Crippen MR) is 92.7 cm³/mol. The monoisotopic (exact) mass is 345 g/mol. The van der Waals surface area contributed by atoms with Gasteiger partial charge in [0.25, 0.3) is 0 Å². The van der Waals surface area contributed by atoms with E-state index in [9.17, 15) is 14.7 Å². The van der Waals surface area contributed by atoms with Crippen LogP contribution in [0, 0.1) is 6.92 Å². The number of benzene rings is 1. The Morgan fingerprint density at radius 1 is 1.42 bits per heavy atom. The van der Waals surface area contributed by atoms with E-state index in [1.54, 1.807) is 6.20 Å². The number of carbonyl (C=O) groups excluding carboxylic acids is 2. The molecular weight excluding hydrogens is 326 g/mol. The SMILES string of the molecule is CC(=O)N1C[C@H](O)C[C@@H]1C(=O)Nc1ncc(-c2cccc(C)c2)s1. The number of hydrogen-bond acceptors (Lipinski definition) is 5. The van der Waals surface area contributed by atoms with Gasteiger partial charge in [0.1, 0.15) is 6.04 Å². The Morgan fingerprint density at radius 3 is 2.92 bits per heavy atom. The number of amides is 2. The summed E-state index contributed by atoms with van der Waals surface area (Å²) in [6.45, 7) is 3.62. The lowest BCUT2D eigenvalue weighted by atomic mass is 10.1. The lowest BCUT2D eigenvalue weighted by molar-refractivity contribution is -0.134. The minimum atomic E-state index is -0.663. The molecule has 2 atom stereocenters. The second-order valence-electron chi connectivity index (χ2n) is 5.97. The van der Waals surface area contributed by atoms with Crippen molar-refractivity contribution >= 4 is 28.3 Å². The van der Waals surface area contributed by atoms with E-state index in [4.69, 9.17) is 0 Å². The highest BCUT2D eigenvalue weighted by Crippen LogP contribution is 2.30. The van der Waals surface area contributed by atoms with Gasteiger partial charge in [-0.2, -0.15) is 0 Å². The Kier molecular flexibility index (Phi) is 4.64. The van der Waals surface area contributed by atoms with E-state index in [1.807, 2.05) is 25.1 Å². The molecule has 2 aromatic rings. The molecular formula is C17H19N3O3S. The van der Waals surface area contributed by atoms with Crippen molar-refractivity contribution in [1.29, 1.82) is 0 Å². The summed E-state index contributed by atoms with van der Waals surface area (Å²) in [5.41, 5.74) is 2.21. The summed E-state index contributed by atoms with van der Waals surface area (Å²) in [6, 6.07) is 7.41. The van der Waals surface area contributed by atoms with Gasteiger partial charge in [-0.1, -0.05) is 41.2 Å². The Labute approximate surface area is 144 Å². The van der Waals surface area contributed by atoms with Crippen molar-refractivity contribution in [2.45, 2.75) is 32.4 Å². The highest BCUT2D eigenvalue weighted by molar-refractivity contribution is 7.19. The van der Waals surface area contributed by atoms with Crippen molar-refractivity contribution in [2.75, 3.05) is 11.9 Å². The molecule has 1 aliphatic heterocycles. The summed E-state index contributed by atoms with van der Waals surface area (Å²) < 4.78 is 0. The largest absolute Gasteiger partial charge is 0.391 e. The summed E-state index contributed by atoms with van der Waals surface area (Å²) in [4.78, 5) is 30.6. The summed E-state index contributed by atoms with van der Waals surface area (Å²) in [5.74, 6) is -0.529. The number of thiazole rings is 1. The number of hydrogen-bond donors (Lipinski definition) is 2. The van der Waals surface area contributed by atoms with Crippen LogP contribution in [0.15, 0.2) is 30.5 Å². The van der Waals surface area contributed by atoms with Crippen LogP contribution in [0.1, 0.15) is 18.9 Å². The first-order valence-electron chi connectivity index (χ1n) is 7.73. The molecule has 1 aromatic carbocycles. The molecule has 2 heterocycles. The zero-order valence-electron chi connectivity index (χ0n) is 13.5. The van der Waals surface area contributed by atoms with Crippen LogP contribution in [-0.2, 0) is 9.59 Å². The van der Waals surface area contributed by atoms with Crippen molar-refractivity contribution in [3.8, 4) is 10.4 Å². The quantitative estimate of drug-likeness (QED) is 0.892. The van der Waals surface area contributed by atoms with Crippen LogP contribution < -0.4 is 5.32 Å². The second-order valence-corrected chi connectivity index (χ2v) is 7.00. The zero-order chi connectivity index (χ0) is 17.3. The number of anilines is 1.